The maximum absolute atomic E-state index is 12.4. The molecule has 1 aromatic carbocycles. The number of likely N-dealkylation sites (tertiary alicyclic amines) is 1. The number of H-pyrrole nitrogens is 1. The van der Waals surface area contributed by atoms with Gasteiger partial charge in [0.2, 0.25) is 5.91 Å². The molecule has 1 atom stereocenters. The quantitative estimate of drug-likeness (QED) is 0.592. The van der Waals surface area contributed by atoms with Crippen LogP contribution in [0, 0.1) is 5.92 Å². The number of rotatable bonds is 7. The van der Waals surface area contributed by atoms with Crippen molar-refractivity contribution in [2.75, 3.05) is 25.4 Å². The lowest BCUT2D eigenvalue weighted by Crippen LogP contribution is -2.43. The van der Waals surface area contributed by atoms with Gasteiger partial charge in [0, 0.05) is 25.4 Å². The summed E-state index contributed by atoms with van der Waals surface area (Å²) >= 11 is 1.56. The first-order valence-electron chi connectivity index (χ1n) is 8.33. The molecule has 2 aromatic rings. The van der Waals surface area contributed by atoms with Crippen molar-refractivity contribution in [3.05, 3.63) is 42.2 Å². The van der Waals surface area contributed by atoms with Crippen LogP contribution in [0.25, 0.3) is 0 Å². The van der Waals surface area contributed by atoms with Crippen LogP contribution in [0.2, 0.25) is 0 Å². The topological polar surface area (TPSA) is 73.9 Å². The van der Waals surface area contributed by atoms with Crippen LogP contribution in [-0.4, -0.2) is 51.4 Å². The van der Waals surface area contributed by atoms with Gasteiger partial charge in [-0.3, -0.25) is 14.8 Å². The Balaban J connectivity index is 1.39. The molecule has 7 heteroatoms. The van der Waals surface area contributed by atoms with Crippen molar-refractivity contribution in [2.45, 2.75) is 24.5 Å². The second-order valence-electron chi connectivity index (χ2n) is 5.99. The van der Waals surface area contributed by atoms with Crippen LogP contribution < -0.4 is 5.32 Å². The van der Waals surface area contributed by atoms with Crippen molar-refractivity contribution < 1.29 is 4.79 Å². The van der Waals surface area contributed by atoms with Crippen LogP contribution in [0.1, 0.15) is 18.4 Å². The summed E-state index contributed by atoms with van der Waals surface area (Å²) in [5, 5.41) is 10.4. The normalized spacial score (nSPS) is 18.4. The molecule has 1 aromatic heterocycles. The number of carbonyl (C=O) groups is 1. The lowest BCUT2D eigenvalue weighted by atomic mass is 9.96. The highest BCUT2D eigenvalue weighted by Gasteiger charge is 2.25. The van der Waals surface area contributed by atoms with Crippen LogP contribution in [0.3, 0.4) is 0 Å². The summed E-state index contributed by atoms with van der Waals surface area (Å²) in [6.07, 6.45) is 3.55. The number of hydrogen-bond acceptors (Lipinski definition) is 5. The van der Waals surface area contributed by atoms with Crippen LogP contribution in [-0.2, 0) is 11.3 Å². The van der Waals surface area contributed by atoms with Crippen molar-refractivity contribution >= 4 is 17.7 Å². The Hall–Kier alpha value is -1.86. The molecule has 0 radical (unpaired) electrons. The molecule has 6 nitrogen and oxygen atoms in total. The fraction of sp³-hybridized carbons (Fsp3) is 0.471. The summed E-state index contributed by atoms with van der Waals surface area (Å²) in [7, 11) is 0. The maximum atomic E-state index is 12.4. The summed E-state index contributed by atoms with van der Waals surface area (Å²) in [4.78, 5) is 18.8. The van der Waals surface area contributed by atoms with E-state index in [4.69, 9.17) is 0 Å². The highest BCUT2D eigenvalue weighted by molar-refractivity contribution is 7.99. The number of nitrogens with one attached hydrogen (secondary N) is 2. The van der Waals surface area contributed by atoms with Gasteiger partial charge in [0.15, 0.2) is 5.16 Å². The average molecular weight is 345 g/mol. The van der Waals surface area contributed by atoms with E-state index in [1.54, 1.807) is 11.8 Å². The summed E-state index contributed by atoms with van der Waals surface area (Å²) in [5.74, 6) is 1.06. The molecule has 0 saturated carbocycles. The van der Waals surface area contributed by atoms with E-state index in [9.17, 15) is 4.79 Å². The van der Waals surface area contributed by atoms with Gasteiger partial charge >= 0.3 is 0 Å². The Bertz CT molecular complexity index is 619. The van der Waals surface area contributed by atoms with Gasteiger partial charge in [-0.1, -0.05) is 42.1 Å². The molecule has 2 heterocycles. The van der Waals surface area contributed by atoms with Crippen molar-refractivity contribution in [3.8, 4) is 0 Å². The first-order chi connectivity index (χ1) is 11.8. The third-order valence-electron chi connectivity index (χ3n) is 4.16. The third kappa shape index (κ3) is 5.07. The molecular weight excluding hydrogens is 322 g/mol. The number of aromatic nitrogens is 3. The van der Waals surface area contributed by atoms with Crippen LogP contribution in [0.15, 0.2) is 41.8 Å². The number of piperidine rings is 1. The SMILES string of the molecule is O=C(NCCSc1ncn[nH]1)[C@@H]1CCCN(Cc2ccccc2)C1. The number of benzene rings is 1. The van der Waals surface area contributed by atoms with Crippen LogP contribution >= 0.6 is 11.8 Å². The highest BCUT2D eigenvalue weighted by atomic mass is 32.2. The number of carbonyl (C=O) groups excluding carboxylic acids is 1. The van der Waals surface area contributed by atoms with Gasteiger partial charge in [-0.15, -0.1) is 0 Å². The van der Waals surface area contributed by atoms with E-state index >= 15 is 0 Å². The van der Waals surface area contributed by atoms with Gasteiger partial charge < -0.3 is 5.32 Å². The Morgan fingerprint density at radius 3 is 3.04 bits per heavy atom. The largest absolute Gasteiger partial charge is 0.355 e. The van der Waals surface area contributed by atoms with Gasteiger partial charge in [0.25, 0.3) is 0 Å². The van der Waals surface area contributed by atoms with Gasteiger partial charge in [-0.05, 0) is 24.9 Å². The predicted octanol–water partition coefficient (Wildman–Crippen LogP) is 1.93. The Kier molecular flexibility index (Phi) is 6.26. The molecule has 1 aliphatic rings. The van der Waals surface area contributed by atoms with E-state index in [2.05, 4.69) is 49.7 Å². The summed E-state index contributed by atoms with van der Waals surface area (Å²) in [6, 6.07) is 10.5. The highest BCUT2D eigenvalue weighted by Crippen LogP contribution is 2.19. The van der Waals surface area contributed by atoms with Gasteiger partial charge in [-0.2, -0.15) is 5.10 Å². The number of hydrogen-bond donors (Lipinski definition) is 2. The third-order valence-corrected chi connectivity index (χ3v) is 5.04. The minimum Gasteiger partial charge on any atom is -0.355 e. The molecule has 24 heavy (non-hydrogen) atoms. The summed E-state index contributed by atoms with van der Waals surface area (Å²) in [6.45, 7) is 3.49. The smallest absolute Gasteiger partial charge is 0.224 e. The van der Waals surface area contributed by atoms with Crippen LogP contribution in [0.4, 0.5) is 0 Å². The van der Waals surface area contributed by atoms with E-state index in [1.807, 2.05) is 6.07 Å². The first-order valence-corrected chi connectivity index (χ1v) is 9.32. The van der Waals surface area contributed by atoms with Crippen molar-refractivity contribution in [1.29, 1.82) is 0 Å². The molecule has 1 fully saturated rings. The van der Waals surface area contributed by atoms with E-state index in [-0.39, 0.29) is 11.8 Å². The molecule has 1 saturated heterocycles. The second kappa shape index (κ2) is 8.84. The van der Waals surface area contributed by atoms with Crippen molar-refractivity contribution in [2.24, 2.45) is 5.92 Å². The second-order valence-corrected chi connectivity index (χ2v) is 7.07. The van der Waals surface area contributed by atoms with Crippen LogP contribution in [0.5, 0.6) is 0 Å². The molecule has 1 aliphatic heterocycles. The van der Waals surface area contributed by atoms with E-state index in [0.717, 1.165) is 43.4 Å². The zero-order chi connectivity index (χ0) is 16.6. The summed E-state index contributed by atoms with van der Waals surface area (Å²) < 4.78 is 0. The van der Waals surface area contributed by atoms with E-state index in [0.29, 0.717) is 6.54 Å². The Labute approximate surface area is 146 Å². The number of aromatic amines is 1. The molecule has 0 spiro atoms. The molecule has 0 unspecified atom stereocenters. The van der Waals surface area contributed by atoms with E-state index < -0.39 is 0 Å². The van der Waals surface area contributed by atoms with Gasteiger partial charge in [0.1, 0.15) is 6.33 Å². The Morgan fingerprint density at radius 1 is 1.38 bits per heavy atom. The van der Waals surface area contributed by atoms with Crippen molar-refractivity contribution in [3.63, 3.8) is 0 Å². The molecule has 128 valence electrons. The van der Waals surface area contributed by atoms with E-state index in [1.165, 1.54) is 11.9 Å². The minimum atomic E-state index is 0.0951. The monoisotopic (exact) mass is 345 g/mol. The lowest BCUT2D eigenvalue weighted by molar-refractivity contribution is -0.126. The zero-order valence-electron chi connectivity index (χ0n) is 13.6. The molecular formula is C17H23N5OS. The first kappa shape index (κ1) is 17.0. The number of thioether (sulfide) groups is 1. The zero-order valence-corrected chi connectivity index (χ0v) is 14.5. The fourth-order valence-corrected chi connectivity index (χ4v) is 3.62. The summed E-state index contributed by atoms with van der Waals surface area (Å²) in [5.41, 5.74) is 1.31. The number of amides is 1. The van der Waals surface area contributed by atoms with Gasteiger partial charge in [0.05, 0.1) is 5.92 Å². The molecule has 0 aliphatic carbocycles. The fourth-order valence-electron chi connectivity index (χ4n) is 2.98. The Morgan fingerprint density at radius 2 is 2.25 bits per heavy atom. The maximum Gasteiger partial charge on any atom is 0.224 e. The molecule has 1 amide bonds. The average Bonchev–Trinajstić information content (AvgIpc) is 3.13. The molecule has 2 N–H and O–H groups in total. The van der Waals surface area contributed by atoms with Gasteiger partial charge in [-0.25, -0.2) is 4.98 Å². The minimum absolute atomic E-state index is 0.0951. The lowest BCUT2D eigenvalue weighted by Gasteiger charge is -2.32. The predicted molar refractivity (Wildman–Crippen MR) is 94.6 cm³/mol. The number of nitrogens with zero attached hydrogens (tertiary/aromatic N) is 3. The molecule has 0 bridgehead atoms. The standard InChI is InChI=1S/C17H23N5OS/c23-16(18-8-10-24-17-19-13-20-21-17)15-7-4-9-22(12-15)11-14-5-2-1-3-6-14/h1-3,5-6,13,15H,4,7-12H2,(H,18,23)(H,19,20,21)/t15-/m1/s1. The molecule has 3 rings (SSSR count). The van der Waals surface area contributed by atoms with Crippen molar-refractivity contribution in [1.82, 2.24) is 25.4 Å².